The fraction of sp³-hybridized carbons (Fsp3) is 0.167. The summed E-state index contributed by atoms with van der Waals surface area (Å²) in [5.74, 6) is 0. The first-order valence-corrected chi connectivity index (χ1v) is 6.74. The zero-order chi connectivity index (χ0) is 10.7. The molecule has 0 radical (unpaired) electrons. The highest BCUT2D eigenvalue weighted by Gasteiger charge is 1.99. The largest absolute Gasteiger partial charge is 0.380 e. The summed E-state index contributed by atoms with van der Waals surface area (Å²) >= 11 is 4.12. The van der Waals surface area contributed by atoms with Gasteiger partial charge in [-0.2, -0.15) is 0 Å². The van der Waals surface area contributed by atoms with Gasteiger partial charge in [0.15, 0.2) is 0 Å². The van der Waals surface area contributed by atoms with Gasteiger partial charge >= 0.3 is 0 Å². The predicted octanol–water partition coefficient (Wildman–Crippen LogP) is 4.27. The second kappa shape index (κ2) is 4.99. The van der Waals surface area contributed by atoms with E-state index in [4.69, 9.17) is 0 Å². The Bertz CT molecular complexity index is 433. The molecule has 1 N–H and O–H groups in total. The average molecular weight is 329 g/mol. The van der Waals surface area contributed by atoms with Crippen LogP contribution in [-0.2, 0) is 6.54 Å². The molecule has 0 fully saturated rings. The maximum atomic E-state index is 3.42. The third-order valence-corrected chi connectivity index (χ3v) is 4.01. The lowest BCUT2D eigenvalue weighted by Crippen LogP contribution is -1.98. The number of nitrogens with one attached hydrogen (secondary N) is 1. The van der Waals surface area contributed by atoms with Crippen LogP contribution in [0.25, 0.3) is 0 Å². The van der Waals surface area contributed by atoms with Crippen molar-refractivity contribution in [2.24, 2.45) is 0 Å². The van der Waals surface area contributed by atoms with Crippen LogP contribution in [0.4, 0.5) is 5.69 Å². The number of hydrogen-bond acceptors (Lipinski definition) is 2. The van der Waals surface area contributed by atoms with Crippen LogP contribution >= 0.6 is 33.9 Å². The lowest BCUT2D eigenvalue weighted by Gasteiger charge is -2.05. The van der Waals surface area contributed by atoms with E-state index in [1.807, 2.05) is 11.3 Å². The molecule has 1 aromatic heterocycles. The Morgan fingerprint density at radius 2 is 1.93 bits per heavy atom. The van der Waals surface area contributed by atoms with E-state index in [9.17, 15) is 0 Å². The lowest BCUT2D eigenvalue weighted by molar-refractivity contribution is 1.17. The quantitative estimate of drug-likeness (QED) is 0.829. The summed E-state index contributed by atoms with van der Waals surface area (Å²) in [5.41, 5.74) is 2.56. The Hall–Kier alpha value is -0.550. The maximum Gasteiger partial charge on any atom is 0.0496 e. The van der Waals surface area contributed by atoms with Gasteiger partial charge in [0.2, 0.25) is 0 Å². The smallest absolute Gasteiger partial charge is 0.0496 e. The molecule has 0 aliphatic rings. The molecule has 0 aliphatic carbocycles. The molecule has 0 saturated heterocycles. The van der Waals surface area contributed by atoms with Gasteiger partial charge in [0.05, 0.1) is 0 Å². The summed E-state index contributed by atoms with van der Waals surface area (Å²) in [6.45, 7) is 3.07. The zero-order valence-corrected chi connectivity index (χ0v) is 11.4. The first-order valence-electron chi connectivity index (χ1n) is 4.78. The highest BCUT2D eigenvalue weighted by Crippen LogP contribution is 2.18. The number of anilines is 1. The molecule has 0 bridgehead atoms. The molecular formula is C12H12INS. The van der Waals surface area contributed by atoms with Crippen molar-refractivity contribution < 1.29 is 0 Å². The molecule has 15 heavy (non-hydrogen) atoms. The van der Waals surface area contributed by atoms with Gasteiger partial charge in [-0.25, -0.2) is 0 Å². The SMILES string of the molecule is Cc1ccsc1CNc1ccc(I)cc1. The first kappa shape index (κ1) is 11.0. The van der Waals surface area contributed by atoms with Crippen LogP contribution in [0.5, 0.6) is 0 Å². The van der Waals surface area contributed by atoms with E-state index in [1.165, 1.54) is 19.7 Å². The summed E-state index contributed by atoms with van der Waals surface area (Å²) in [4.78, 5) is 1.41. The Labute approximate surface area is 108 Å². The molecule has 0 amide bonds. The summed E-state index contributed by atoms with van der Waals surface area (Å²) in [5, 5.41) is 5.56. The fourth-order valence-electron chi connectivity index (χ4n) is 1.34. The molecule has 0 atom stereocenters. The van der Waals surface area contributed by atoms with Gasteiger partial charge in [0.1, 0.15) is 0 Å². The molecule has 1 aromatic carbocycles. The summed E-state index contributed by atoms with van der Waals surface area (Å²) in [6, 6.07) is 10.6. The third-order valence-electron chi connectivity index (χ3n) is 2.27. The van der Waals surface area contributed by atoms with Gasteiger partial charge in [0.25, 0.3) is 0 Å². The monoisotopic (exact) mass is 329 g/mol. The average Bonchev–Trinajstić information content (AvgIpc) is 2.63. The van der Waals surface area contributed by atoms with Gasteiger partial charge in [0, 0.05) is 20.7 Å². The van der Waals surface area contributed by atoms with Crippen LogP contribution < -0.4 is 5.32 Å². The van der Waals surface area contributed by atoms with Crippen molar-refractivity contribution in [1.29, 1.82) is 0 Å². The van der Waals surface area contributed by atoms with Crippen molar-refractivity contribution in [3.8, 4) is 0 Å². The lowest BCUT2D eigenvalue weighted by atomic mass is 10.3. The molecule has 2 rings (SSSR count). The van der Waals surface area contributed by atoms with Gasteiger partial charge in [-0.1, -0.05) is 0 Å². The second-order valence-electron chi connectivity index (χ2n) is 3.39. The van der Waals surface area contributed by atoms with Crippen LogP contribution in [0.3, 0.4) is 0 Å². The minimum Gasteiger partial charge on any atom is -0.380 e. The van der Waals surface area contributed by atoms with Crippen LogP contribution in [0.15, 0.2) is 35.7 Å². The van der Waals surface area contributed by atoms with Crippen LogP contribution in [-0.4, -0.2) is 0 Å². The van der Waals surface area contributed by atoms with E-state index in [1.54, 1.807) is 0 Å². The molecule has 0 saturated carbocycles. The topological polar surface area (TPSA) is 12.0 Å². The third kappa shape index (κ3) is 2.95. The Balaban J connectivity index is 1.99. The number of halogens is 1. The van der Waals surface area contributed by atoms with Gasteiger partial charge in [-0.15, -0.1) is 11.3 Å². The van der Waals surface area contributed by atoms with Gasteiger partial charge < -0.3 is 5.32 Å². The number of hydrogen-bond donors (Lipinski definition) is 1. The minimum atomic E-state index is 0.921. The maximum absolute atomic E-state index is 3.42. The van der Waals surface area contributed by atoms with Crippen LogP contribution in [0, 0.1) is 10.5 Å². The van der Waals surface area contributed by atoms with E-state index >= 15 is 0 Å². The minimum absolute atomic E-state index is 0.921. The Morgan fingerprint density at radius 1 is 1.20 bits per heavy atom. The van der Waals surface area contributed by atoms with E-state index in [-0.39, 0.29) is 0 Å². The Morgan fingerprint density at radius 3 is 2.53 bits per heavy atom. The molecule has 0 aliphatic heterocycles. The van der Waals surface area contributed by atoms with E-state index < -0.39 is 0 Å². The highest BCUT2D eigenvalue weighted by molar-refractivity contribution is 14.1. The molecule has 0 spiro atoms. The van der Waals surface area contributed by atoms with E-state index in [2.05, 4.69) is 70.5 Å². The standard InChI is InChI=1S/C12H12INS/c1-9-6-7-15-12(9)8-14-11-4-2-10(13)3-5-11/h2-7,14H,8H2,1H3. The number of rotatable bonds is 3. The van der Waals surface area contributed by atoms with Crippen LogP contribution in [0.1, 0.15) is 10.4 Å². The van der Waals surface area contributed by atoms with Crippen molar-refractivity contribution in [1.82, 2.24) is 0 Å². The zero-order valence-electron chi connectivity index (χ0n) is 8.46. The molecule has 3 heteroatoms. The number of aryl methyl sites for hydroxylation is 1. The molecule has 1 nitrogen and oxygen atoms in total. The molecule has 2 aromatic rings. The van der Waals surface area contributed by atoms with E-state index in [0.717, 1.165) is 6.54 Å². The summed E-state index contributed by atoms with van der Waals surface area (Å²) in [7, 11) is 0. The summed E-state index contributed by atoms with van der Waals surface area (Å²) in [6.07, 6.45) is 0. The number of thiophene rings is 1. The van der Waals surface area contributed by atoms with Gasteiger partial charge in [-0.05, 0) is 70.8 Å². The predicted molar refractivity (Wildman–Crippen MR) is 75.5 cm³/mol. The molecule has 78 valence electrons. The van der Waals surface area contributed by atoms with E-state index in [0.29, 0.717) is 0 Å². The molecular weight excluding hydrogens is 317 g/mol. The summed E-state index contributed by atoms with van der Waals surface area (Å²) < 4.78 is 1.27. The second-order valence-corrected chi connectivity index (χ2v) is 5.63. The highest BCUT2D eigenvalue weighted by atomic mass is 127. The van der Waals surface area contributed by atoms with Crippen molar-refractivity contribution in [2.45, 2.75) is 13.5 Å². The fourth-order valence-corrected chi connectivity index (χ4v) is 2.54. The van der Waals surface area contributed by atoms with Crippen LogP contribution in [0.2, 0.25) is 0 Å². The Kier molecular flexibility index (Phi) is 3.64. The van der Waals surface area contributed by atoms with Gasteiger partial charge in [-0.3, -0.25) is 0 Å². The van der Waals surface area contributed by atoms with Crippen molar-refractivity contribution in [2.75, 3.05) is 5.32 Å². The molecule has 0 unspecified atom stereocenters. The normalized spacial score (nSPS) is 10.3. The number of benzene rings is 1. The van der Waals surface area contributed by atoms with Crippen molar-refractivity contribution in [3.05, 3.63) is 49.7 Å². The van der Waals surface area contributed by atoms with Crippen molar-refractivity contribution >= 4 is 39.6 Å². The first-order chi connectivity index (χ1) is 7.25. The van der Waals surface area contributed by atoms with Crippen molar-refractivity contribution in [3.63, 3.8) is 0 Å². The molecule has 1 heterocycles.